The molecule has 2 heterocycles. The molecule has 0 saturated carbocycles. The maximum atomic E-state index is 12.8. The summed E-state index contributed by atoms with van der Waals surface area (Å²) in [4.78, 5) is 16.2. The van der Waals surface area contributed by atoms with Gasteiger partial charge in [0, 0.05) is 17.6 Å². The zero-order valence-electron chi connectivity index (χ0n) is 13.5. The summed E-state index contributed by atoms with van der Waals surface area (Å²) in [5, 5.41) is 0.294. The van der Waals surface area contributed by atoms with Crippen molar-refractivity contribution in [1.29, 1.82) is 0 Å². The van der Waals surface area contributed by atoms with Crippen molar-refractivity contribution in [3.05, 3.63) is 46.6 Å². The Morgan fingerprint density at radius 3 is 2.88 bits per heavy atom. The van der Waals surface area contributed by atoms with Crippen molar-refractivity contribution in [2.75, 3.05) is 13.7 Å². The van der Waals surface area contributed by atoms with Gasteiger partial charge >= 0.3 is 0 Å². The van der Waals surface area contributed by atoms with Gasteiger partial charge in [0.15, 0.2) is 15.6 Å². The van der Waals surface area contributed by atoms with Gasteiger partial charge in [-0.05, 0) is 36.2 Å². The summed E-state index contributed by atoms with van der Waals surface area (Å²) in [6.45, 7) is 0.420. The lowest BCUT2D eigenvalue weighted by molar-refractivity contribution is 0.0983. The fraction of sp³-hybridized carbons (Fsp3) is 0.294. The number of hydrogen-bond acceptors (Lipinski definition) is 6. The van der Waals surface area contributed by atoms with Gasteiger partial charge in [0.25, 0.3) is 0 Å². The first-order chi connectivity index (χ1) is 11.9. The molecule has 0 N–H and O–H groups in total. The van der Waals surface area contributed by atoms with E-state index < -0.39 is 9.84 Å². The zero-order chi connectivity index (χ0) is 18.0. The molecule has 8 heteroatoms. The van der Waals surface area contributed by atoms with Crippen LogP contribution in [-0.4, -0.2) is 32.9 Å². The maximum absolute atomic E-state index is 12.8. The first kappa shape index (κ1) is 17.7. The Morgan fingerprint density at radius 1 is 1.32 bits per heavy atom. The summed E-state index contributed by atoms with van der Waals surface area (Å²) in [5.41, 5.74) is 0.725. The molecule has 1 aromatic heterocycles. The van der Waals surface area contributed by atoms with Crippen LogP contribution in [-0.2, 0) is 15.6 Å². The largest absolute Gasteiger partial charge is 0.495 e. The second kappa shape index (κ2) is 7.01. The molecule has 0 unspecified atom stereocenters. The molecule has 0 spiro atoms. The molecule has 2 aromatic rings. The quantitative estimate of drug-likeness (QED) is 0.809. The van der Waals surface area contributed by atoms with Crippen LogP contribution < -0.4 is 9.47 Å². The smallest absolute Gasteiger partial charge is 0.224 e. The standard InChI is InChI=1S/C17H16ClNO5S/c1-23-15-5-4-12(18)8-16(15)25(21,22)10-11-7-13-14(20)3-2-6-24-17(13)19-9-11/h4-5,7-9H,2-3,6,10H2,1H3. The molecule has 0 radical (unpaired) electrons. The molecule has 0 fully saturated rings. The predicted molar refractivity (Wildman–Crippen MR) is 92.2 cm³/mol. The van der Waals surface area contributed by atoms with Gasteiger partial charge in [-0.3, -0.25) is 4.79 Å². The van der Waals surface area contributed by atoms with Crippen molar-refractivity contribution in [2.24, 2.45) is 0 Å². The molecule has 0 aliphatic carbocycles. The summed E-state index contributed by atoms with van der Waals surface area (Å²) in [7, 11) is -2.34. The average Bonchev–Trinajstić information content (AvgIpc) is 2.76. The van der Waals surface area contributed by atoms with E-state index in [1.165, 1.54) is 31.5 Å². The third-order valence-electron chi connectivity index (χ3n) is 3.81. The Bertz CT molecular complexity index is 927. The number of ketones is 1. The van der Waals surface area contributed by atoms with Crippen molar-refractivity contribution < 1.29 is 22.7 Å². The van der Waals surface area contributed by atoms with Gasteiger partial charge in [0.1, 0.15) is 10.6 Å². The van der Waals surface area contributed by atoms with Gasteiger partial charge in [-0.2, -0.15) is 0 Å². The van der Waals surface area contributed by atoms with Crippen molar-refractivity contribution in [2.45, 2.75) is 23.5 Å². The molecule has 0 atom stereocenters. The first-order valence-corrected chi connectivity index (χ1v) is 9.65. The Hall–Kier alpha value is -2.12. The number of Topliss-reactive ketones (excluding diaryl/α,β-unsaturated/α-hetero) is 1. The van der Waals surface area contributed by atoms with Gasteiger partial charge < -0.3 is 9.47 Å². The predicted octanol–water partition coefficient (Wildman–Crippen LogP) is 3.07. The van der Waals surface area contributed by atoms with Gasteiger partial charge in [-0.15, -0.1) is 0 Å². The molecule has 25 heavy (non-hydrogen) atoms. The molecular weight excluding hydrogens is 366 g/mol. The van der Waals surface area contributed by atoms with E-state index in [0.717, 1.165) is 0 Å². The molecule has 0 amide bonds. The van der Waals surface area contributed by atoms with Gasteiger partial charge in [0.05, 0.1) is 25.0 Å². The van der Waals surface area contributed by atoms with Crippen molar-refractivity contribution in [1.82, 2.24) is 4.98 Å². The molecule has 0 bridgehead atoms. The summed E-state index contributed by atoms with van der Waals surface area (Å²) < 4.78 is 36.1. The third kappa shape index (κ3) is 3.77. The Kier molecular flexibility index (Phi) is 4.96. The highest BCUT2D eigenvalue weighted by atomic mass is 35.5. The monoisotopic (exact) mass is 381 g/mol. The number of methoxy groups -OCH3 is 1. The minimum absolute atomic E-state index is 0.0000180. The summed E-state index contributed by atoms with van der Waals surface area (Å²) in [6, 6.07) is 5.94. The number of nitrogens with zero attached hydrogens (tertiary/aromatic N) is 1. The SMILES string of the molecule is COc1ccc(Cl)cc1S(=O)(=O)Cc1cnc2c(c1)C(=O)CCCO2. The van der Waals surface area contributed by atoms with Crippen LogP contribution in [0.15, 0.2) is 35.4 Å². The average molecular weight is 382 g/mol. The van der Waals surface area contributed by atoms with Gasteiger partial charge in [0.2, 0.25) is 5.88 Å². The van der Waals surface area contributed by atoms with Crippen LogP contribution in [0.25, 0.3) is 0 Å². The molecule has 132 valence electrons. The summed E-state index contributed by atoms with van der Waals surface area (Å²) in [6.07, 6.45) is 2.38. The Morgan fingerprint density at radius 2 is 2.12 bits per heavy atom. The second-order valence-corrected chi connectivity index (χ2v) is 8.02. The molecule has 1 aliphatic rings. The Labute approximate surface area is 150 Å². The zero-order valence-corrected chi connectivity index (χ0v) is 15.1. The number of fused-ring (bicyclic) bond motifs is 1. The number of carbonyl (C=O) groups is 1. The third-order valence-corrected chi connectivity index (χ3v) is 5.75. The lowest BCUT2D eigenvalue weighted by Gasteiger charge is -2.11. The van der Waals surface area contributed by atoms with E-state index >= 15 is 0 Å². The fourth-order valence-corrected chi connectivity index (χ4v) is 4.37. The number of pyridine rings is 1. The number of carbonyl (C=O) groups excluding carboxylic acids is 1. The number of rotatable bonds is 4. The summed E-state index contributed by atoms with van der Waals surface area (Å²) in [5.74, 6) is 0.0483. The van der Waals surface area contributed by atoms with E-state index in [1.54, 1.807) is 6.07 Å². The van der Waals surface area contributed by atoms with Crippen molar-refractivity contribution in [3.63, 3.8) is 0 Å². The van der Waals surface area contributed by atoms with Crippen LogP contribution in [0, 0.1) is 0 Å². The minimum atomic E-state index is -3.73. The van der Waals surface area contributed by atoms with Crippen molar-refractivity contribution >= 4 is 27.2 Å². The molecule has 1 aromatic carbocycles. The van der Waals surface area contributed by atoms with Crippen LogP contribution in [0.5, 0.6) is 11.6 Å². The van der Waals surface area contributed by atoms with Gasteiger partial charge in [-0.25, -0.2) is 13.4 Å². The number of hydrogen-bond donors (Lipinski definition) is 0. The molecule has 0 saturated heterocycles. The van der Waals surface area contributed by atoms with E-state index in [4.69, 9.17) is 21.1 Å². The van der Waals surface area contributed by atoms with Crippen LogP contribution in [0.2, 0.25) is 5.02 Å². The highest BCUT2D eigenvalue weighted by molar-refractivity contribution is 7.90. The highest BCUT2D eigenvalue weighted by Gasteiger charge is 2.24. The lowest BCUT2D eigenvalue weighted by Crippen LogP contribution is -2.09. The van der Waals surface area contributed by atoms with Gasteiger partial charge in [-0.1, -0.05) is 11.6 Å². The minimum Gasteiger partial charge on any atom is -0.495 e. The number of sulfone groups is 1. The van der Waals surface area contributed by atoms with Crippen LogP contribution in [0.1, 0.15) is 28.8 Å². The molecule has 1 aliphatic heterocycles. The number of ether oxygens (including phenoxy) is 2. The number of aromatic nitrogens is 1. The first-order valence-electron chi connectivity index (χ1n) is 7.62. The van der Waals surface area contributed by atoms with E-state index in [-0.39, 0.29) is 28.1 Å². The number of benzene rings is 1. The fourth-order valence-electron chi connectivity index (χ4n) is 2.62. The number of halogens is 1. The molecule has 3 rings (SSSR count). The molecular formula is C17H16ClNO5S. The second-order valence-electron chi connectivity index (χ2n) is 5.63. The van der Waals surface area contributed by atoms with E-state index in [2.05, 4.69) is 4.98 Å². The van der Waals surface area contributed by atoms with Crippen LogP contribution >= 0.6 is 11.6 Å². The summed E-state index contributed by atoms with van der Waals surface area (Å²) >= 11 is 5.92. The lowest BCUT2D eigenvalue weighted by atomic mass is 10.1. The maximum Gasteiger partial charge on any atom is 0.224 e. The highest BCUT2D eigenvalue weighted by Crippen LogP contribution is 2.30. The van der Waals surface area contributed by atoms with Crippen LogP contribution in [0.3, 0.4) is 0 Å². The normalized spacial score (nSPS) is 14.4. The van der Waals surface area contributed by atoms with E-state index in [0.29, 0.717) is 35.6 Å². The molecule has 6 nitrogen and oxygen atoms in total. The van der Waals surface area contributed by atoms with Crippen LogP contribution in [0.4, 0.5) is 0 Å². The van der Waals surface area contributed by atoms with E-state index in [1.807, 2.05) is 0 Å². The topological polar surface area (TPSA) is 82.6 Å². The van der Waals surface area contributed by atoms with E-state index in [9.17, 15) is 13.2 Å². The van der Waals surface area contributed by atoms with Crippen molar-refractivity contribution in [3.8, 4) is 11.6 Å². The Balaban J connectivity index is 1.97.